The van der Waals surface area contributed by atoms with Crippen molar-refractivity contribution in [3.8, 4) is 0 Å². The fraction of sp³-hybridized carbons (Fsp3) is 0.767. The lowest BCUT2D eigenvalue weighted by Crippen LogP contribution is -2.63. The minimum Gasteiger partial charge on any atom is -0.481 e. The van der Waals surface area contributed by atoms with Crippen molar-refractivity contribution in [2.24, 2.45) is 46.3 Å². The summed E-state index contributed by atoms with van der Waals surface area (Å²) in [6, 6.07) is 3.13. The Labute approximate surface area is 239 Å². The molecular weight excluding hydrogens is 528 g/mol. The number of rotatable bonds is 7. The number of nitro benzene ring substituents is 1. The van der Waals surface area contributed by atoms with E-state index in [1.54, 1.807) is 6.07 Å². The molecule has 224 valence electrons. The Morgan fingerprint density at radius 2 is 1.90 bits per heavy atom. The van der Waals surface area contributed by atoms with Crippen molar-refractivity contribution >= 4 is 28.4 Å². The fourth-order valence-electron chi connectivity index (χ4n) is 10.2. The van der Waals surface area contributed by atoms with E-state index in [4.69, 9.17) is 4.63 Å². The van der Waals surface area contributed by atoms with E-state index in [9.17, 15) is 30.2 Å². The van der Waals surface area contributed by atoms with Crippen LogP contribution in [0, 0.1) is 56.5 Å². The molecule has 0 unspecified atom stereocenters. The molecule has 1 aromatic carbocycles. The highest BCUT2D eigenvalue weighted by Crippen LogP contribution is 2.68. The lowest BCUT2D eigenvalue weighted by Gasteiger charge is -2.64. The van der Waals surface area contributed by atoms with E-state index in [1.807, 2.05) is 0 Å². The number of fused-ring (bicyclic) bond motifs is 6. The smallest absolute Gasteiger partial charge is 0.303 e. The summed E-state index contributed by atoms with van der Waals surface area (Å²) in [7, 11) is 0. The zero-order valence-corrected chi connectivity index (χ0v) is 24.0. The first kappa shape index (κ1) is 28.3. The lowest BCUT2D eigenvalue weighted by molar-refractivity contribution is -0.383. The number of aliphatic carboxylic acids is 1. The number of carbonyl (C=O) groups is 1. The molecule has 0 aliphatic heterocycles. The van der Waals surface area contributed by atoms with Gasteiger partial charge in [-0.1, -0.05) is 20.8 Å². The Morgan fingerprint density at radius 1 is 1.15 bits per heavy atom. The molecule has 11 nitrogen and oxygen atoms in total. The van der Waals surface area contributed by atoms with E-state index in [2.05, 4.69) is 36.4 Å². The zero-order valence-electron chi connectivity index (χ0n) is 24.0. The lowest BCUT2D eigenvalue weighted by atomic mass is 9.42. The number of aromatic nitrogens is 2. The largest absolute Gasteiger partial charge is 0.481 e. The molecule has 4 fully saturated rings. The van der Waals surface area contributed by atoms with Crippen molar-refractivity contribution in [2.45, 2.75) is 96.8 Å². The quantitative estimate of drug-likeness (QED) is 0.262. The van der Waals surface area contributed by atoms with Gasteiger partial charge in [-0.25, -0.2) is 4.63 Å². The first-order valence-corrected chi connectivity index (χ1v) is 15.2. The number of hydrogen-bond acceptors (Lipinski definition) is 9. The molecule has 1 aromatic heterocycles. The third kappa shape index (κ3) is 4.42. The number of anilines is 1. The number of nitrogens with zero attached hydrogens (tertiary/aromatic N) is 3. The predicted molar refractivity (Wildman–Crippen MR) is 150 cm³/mol. The summed E-state index contributed by atoms with van der Waals surface area (Å²) in [5.74, 6) is 0.626. The van der Waals surface area contributed by atoms with E-state index in [0.717, 1.165) is 38.5 Å². The molecule has 4 N–H and O–H groups in total. The van der Waals surface area contributed by atoms with Gasteiger partial charge in [0.15, 0.2) is 5.52 Å². The molecule has 2 aromatic rings. The molecule has 0 saturated heterocycles. The molecule has 4 aliphatic rings. The number of nitro groups is 1. The summed E-state index contributed by atoms with van der Waals surface area (Å²) in [5.41, 5.74) is 0.598. The average molecular weight is 571 g/mol. The maximum Gasteiger partial charge on any atom is 0.303 e. The molecule has 0 spiro atoms. The Hall–Kier alpha value is -2.79. The van der Waals surface area contributed by atoms with Crippen molar-refractivity contribution in [1.82, 2.24) is 10.3 Å². The third-order valence-corrected chi connectivity index (χ3v) is 12.3. The number of non-ortho nitro benzene ring substituents is 1. The number of aliphatic hydroxyl groups is 2. The number of aliphatic hydroxyl groups excluding tert-OH is 2. The molecule has 4 aliphatic carbocycles. The van der Waals surface area contributed by atoms with Gasteiger partial charge in [-0.15, -0.1) is 0 Å². The Bertz CT molecular complexity index is 1330. The van der Waals surface area contributed by atoms with Gasteiger partial charge in [0.25, 0.3) is 0 Å². The monoisotopic (exact) mass is 570 g/mol. The number of nitrogens with one attached hydrogen (secondary N) is 1. The number of carboxylic acids is 1. The van der Waals surface area contributed by atoms with Crippen LogP contribution >= 0.6 is 0 Å². The molecule has 41 heavy (non-hydrogen) atoms. The third-order valence-electron chi connectivity index (χ3n) is 12.3. The molecule has 11 atom stereocenters. The second-order valence-electron chi connectivity index (χ2n) is 14.0. The minimum absolute atomic E-state index is 0.00234. The zero-order chi connectivity index (χ0) is 29.3. The van der Waals surface area contributed by atoms with Crippen LogP contribution in [0.1, 0.15) is 78.6 Å². The van der Waals surface area contributed by atoms with Crippen LogP contribution in [0.4, 0.5) is 11.4 Å². The molecule has 0 bridgehead atoms. The van der Waals surface area contributed by atoms with Gasteiger partial charge < -0.3 is 20.6 Å². The number of benzene rings is 1. The van der Waals surface area contributed by atoms with E-state index in [1.165, 1.54) is 6.07 Å². The summed E-state index contributed by atoms with van der Waals surface area (Å²) in [6.45, 7) is 6.73. The number of hydrogen-bond donors (Lipinski definition) is 4. The maximum absolute atomic E-state index is 11.9. The maximum atomic E-state index is 11.9. The van der Waals surface area contributed by atoms with Crippen LogP contribution in [-0.2, 0) is 4.79 Å². The summed E-state index contributed by atoms with van der Waals surface area (Å²) in [5, 5.41) is 55.1. The molecule has 0 radical (unpaired) electrons. The van der Waals surface area contributed by atoms with Gasteiger partial charge in [-0.3, -0.25) is 14.9 Å². The van der Waals surface area contributed by atoms with Crippen LogP contribution in [0.3, 0.4) is 0 Å². The van der Waals surface area contributed by atoms with Crippen molar-refractivity contribution in [3.63, 3.8) is 0 Å². The van der Waals surface area contributed by atoms with Gasteiger partial charge in [0.05, 0.1) is 22.8 Å². The Balaban J connectivity index is 1.38. The van der Waals surface area contributed by atoms with Crippen LogP contribution in [0.25, 0.3) is 11.0 Å². The molecular formula is C30H42N4O7. The van der Waals surface area contributed by atoms with Gasteiger partial charge in [0, 0.05) is 18.5 Å². The van der Waals surface area contributed by atoms with Gasteiger partial charge in [-0.05, 0) is 114 Å². The molecule has 11 heteroatoms. The second-order valence-corrected chi connectivity index (χ2v) is 14.0. The number of carboxylic acid groups (broad SMARTS) is 1. The van der Waals surface area contributed by atoms with Crippen LogP contribution < -0.4 is 5.32 Å². The van der Waals surface area contributed by atoms with Crippen molar-refractivity contribution in [2.75, 3.05) is 5.32 Å². The van der Waals surface area contributed by atoms with E-state index in [-0.39, 0.29) is 76.1 Å². The SMILES string of the molecule is C[C@H](CCC(=O)O)[C@H]1CC[C@H]2[C@@H]3[C@@H](Nc4ccc([N+](=O)[O-])c5nonc45)C[C@@H]4C[C@H](O)CC[C@]4(C)[C@H]3C[C@H](O)[C@]12C. The molecule has 0 amide bonds. The van der Waals surface area contributed by atoms with Gasteiger partial charge in [0.2, 0.25) is 5.52 Å². The van der Waals surface area contributed by atoms with E-state index in [0.29, 0.717) is 24.0 Å². The van der Waals surface area contributed by atoms with Gasteiger partial charge in [-0.2, -0.15) is 0 Å². The molecule has 1 heterocycles. The van der Waals surface area contributed by atoms with Gasteiger partial charge in [0.1, 0.15) is 0 Å². The molecule has 4 saturated carbocycles. The van der Waals surface area contributed by atoms with Crippen LogP contribution in [0.15, 0.2) is 16.8 Å². The van der Waals surface area contributed by atoms with E-state index < -0.39 is 17.0 Å². The topological polar surface area (TPSA) is 172 Å². The predicted octanol–water partition coefficient (Wildman–Crippen LogP) is 5.01. The minimum atomic E-state index is -0.785. The Morgan fingerprint density at radius 3 is 2.63 bits per heavy atom. The van der Waals surface area contributed by atoms with Crippen molar-refractivity contribution in [1.29, 1.82) is 0 Å². The first-order valence-electron chi connectivity index (χ1n) is 15.2. The van der Waals surface area contributed by atoms with E-state index >= 15 is 0 Å². The van der Waals surface area contributed by atoms with Crippen LogP contribution in [0.2, 0.25) is 0 Å². The van der Waals surface area contributed by atoms with Crippen LogP contribution in [0.5, 0.6) is 0 Å². The van der Waals surface area contributed by atoms with Crippen molar-refractivity contribution < 1.29 is 29.7 Å². The highest BCUT2D eigenvalue weighted by molar-refractivity contribution is 5.93. The average Bonchev–Trinajstić information content (AvgIpc) is 3.55. The summed E-state index contributed by atoms with van der Waals surface area (Å²) in [4.78, 5) is 22.4. The highest BCUT2D eigenvalue weighted by Gasteiger charge is 2.65. The van der Waals surface area contributed by atoms with Crippen molar-refractivity contribution in [3.05, 3.63) is 22.2 Å². The normalized spacial score (nSPS) is 40.8. The summed E-state index contributed by atoms with van der Waals surface area (Å²) < 4.78 is 4.94. The van der Waals surface area contributed by atoms with Gasteiger partial charge >= 0.3 is 11.7 Å². The Kier molecular flexibility index (Phi) is 7.04. The first-order chi connectivity index (χ1) is 19.4. The molecule has 6 rings (SSSR count). The summed E-state index contributed by atoms with van der Waals surface area (Å²) in [6.07, 6.45) is 5.81. The summed E-state index contributed by atoms with van der Waals surface area (Å²) >= 11 is 0. The standard InChI is InChI=1S/C30H42N4O7/c1-15(4-9-25(37)38)18-5-6-19-26-20(14-24(36)30(18,19)3)29(2)11-10-17(35)12-16(29)13-22(26)31-21-7-8-23(34(39)40)28-27(21)32-41-33-28/h7-8,15-20,22,24,26,31,35-36H,4-6,9-14H2,1-3H3,(H,37,38)/t15-,16+,17-,18-,19+,20+,22+,24+,26+,29+,30-/m1/s1. The highest BCUT2D eigenvalue weighted by atomic mass is 16.6. The second kappa shape index (κ2) is 10.2. The fourth-order valence-corrected chi connectivity index (χ4v) is 10.2. The van der Waals surface area contributed by atoms with Crippen LogP contribution in [-0.4, -0.2) is 54.8 Å².